The van der Waals surface area contributed by atoms with Crippen LogP contribution < -0.4 is 0 Å². The number of aryl methyl sites for hydroxylation is 1. The standard InChI is InChI=1S/C17H23N3.3C7H7.Hf.Pr/c1-12(2)15-7-6-8-16(13(3)4)17(15)18-11-14-9-10-20(5)19-14;3*1-7-5-3-2-4-6-7;;/h6-13H,1-5H3;3*2-6H,1H2;;/q-2;3*-1;+4;. The van der Waals surface area contributed by atoms with Gasteiger partial charge in [0.2, 0.25) is 0 Å². The van der Waals surface area contributed by atoms with Gasteiger partial charge in [-0.3, -0.25) is 4.68 Å². The Kier molecular flexibility index (Phi) is 21.8. The summed E-state index contributed by atoms with van der Waals surface area (Å²) in [7, 11) is 1.92. The van der Waals surface area contributed by atoms with Crippen molar-refractivity contribution >= 4 is 5.69 Å². The van der Waals surface area contributed by atoms with Gasteiger partial charge in [-0.25, -0.2) is 5.10 Å². The second kappa shape index (κ2) is 23.0. The molecule has 0 amide bonds. The van der Waals surface area contributed by atoms with Crippen LogP contribution in [0.5, 0.6) is 0 Å². The Balaban J connectivity index is 0.000000628. The normalized spacial score (nSPS) is 9.37. The third-order valence-electron chi connectivity index (χ3n) is 5.93. The van der Waals surface area contributed by atoms with Gasteiger partial charge >= 0.3 is 25.8 Å². The van der Waals surface area contributed by atoms with Crippen LogP contribution in [0, 0.1) is 68.6 Å². The maximum Gasteiger partial charge on any atom is 4.00 e. The van der Waals surface area contributed by atoms with Crippen molar-refractivity contribution < 1.29 is 67.1 Å². The first kappa shape index (κ1) is 40.6. The molecule has 0 aliphatic carbocycles. The molecule has 1 heterocycles. The van der Waals surface area contributed by atoms with E-state index in [1.807, 2.05) is 117 Å². The van der Waals surface area contributed by atoms with Gasteiger partial charge < -0.3 is 11.9 Å². The van der Waals surface area contributed by atoms with Crippen molar-refractivity contribution in [3.8, 4) is 0 Å². The van der Waals surface area contributed by atoms with Gasteiger partial charge in [-0.2, -0.15) is 79.9 Å². The van der Waals surface area contributed by atoms with Crippen LogP contribution in [0.2, 0.25) is 0 Å². The summed E-state index contributed by atoms with van der Waals surface area (Å²) < 4.78 is 1.79. The molecule has 0 spiro atoms. The van der Waals surface area contributed by atoms with E-state index in [-0.39, 0.29) is 67.1 Å². The molecule has 0 atom stereocenters. The van der Waals surface area contributed by atoms with E-state index in [0.717, 1.165) is 28.1 Å². The van der Waals surface area contributed by atoms with Crippen LogP contribution in [0.3, 0.4) is 0 Å². The minimum Gasteiger partial charge on any atom is -0.747 e. The maximum absolute atomic E-state index is 4.73. The van der Waals surface area contributed by atoms with Gasteiger partial charge in [-0.1, -0.05) is 87.1 Å². The molecule has 4 aromatic carbocycles. The van der Waals surface area contributed by atoms with E-state index in [1.54, 1.807) is 4.68 Å². The van der Waals surface area contributed by atoms with E-state index in [9.17, 15) is 0 Å². The van der Waals surface area contributed by atoms with Gasteiger partial charge in [0, 0.05) is 48.3 Å². The predicted molar refractivity (Wildman–Crippen MR) is 177 cm³/mol. The zero-order chi connectivity index (χ0) is 30.0. The molecule has 5 rings (SSSR count). The maximum atomic E-state index is 4.73. The fourth-order valence-electron chi connectivity index (χ4n) is 3.73. The molecule has 1 aromatic heterocycles. The molecule has 1 radical (unpaired) electrons. The Bertz CT molecular complexity index is 1250. The first-order valence-corrected chi connectivity index (χ1v) is 13.9. The summed E-state index contributed by atoms with van der Waals surface area (Å²) >= 11 is 0. The quantitative estimate of drug-likeness (QED) is 0.128. The molecule has 0 unspecified atom stereocenters. The minimum atomic E-state index is 0. The molecule has 0 fully saturated rings. The van der Waals surface area contributed by atoms with Gasteiger partial charge in [-0.05, 0) is 11.8 Å². The molecule has 219 valence electrons. The number of rotatable bonds is 5. The zero-order valence-corrected chi connectivity index (χ0v) is 33.6. The third-order valence-corrected chi connectivity index (χ3v) is 5.93. The summed E-state index contributed by atoms with van der Waals surface area (Å²) in [4.78, 5) is 0. The molecule has 3 nitrogen and oxygen atoms in total. The largest absolute Gasteiger partial charge is 4.00 e. The smallest absolute Gasteiger partial charge is 0.747 e. The summed E-state index contributed by atoms with van der Waals surface area (Å²) in [5, 5.41) is 9.07. The fourth-order valence-corrected chi connectivity index (χ4v) is 3.73. The predicted octanol–water partition coefficient (Wildman–Crippen LogP) is 10.5. The van der Waals surface area contributed by atoms with Crippen molar-refractivity contribution in [3.05, 3.63) is 188 Å². The molecule has 0 aliphatic heterocycles. The molecule has 0 aliphatic rings. The molecule has 0 bridgehead atoms. The second-order valence-electron chi connectivity index (χ2n) is 10.2. The van der Waals surface area contributed by atoms with Gasteiger partial charge in [0.15, 0.2) is 0 Å². The molecular formula is C38H44HfN3Pr-. The number of aromatic nitrogens is 2. The average Bonchev–Trinajstić information content (AvgIpc) is 3.39. The van der Waals surface area contributed by atoms with Crippen LogP contribution in [0.4, 0.5) is 5.69 Å². The topological polar surface area (TPSA) is 31.9 Å². The zero-order valence-electron chi connectivity index (χ0n) is 26.3. The average molecular weight is 862 g/mol. The van der Waals surface area contributed by atoms with Crippen LogP contribution in [0.25, 0.3) is 5.32 Å². The first-order chi connectivity index (χ1) is 19.7. The molecule has 5 aromatic rings. The van der Waals surface area contributed by atoms with Crippen molar-refractivity contribution in [2.24, 2.45) is 7.05 Å². The van der Waals surface area contributed by atoms with Crippen molar-refractivity contribution in [3.63, 3.8) is 0 Å². The molecule has 5 heteroatoms. The number of hydrogen-bond acceptors (Lipinski definition) is 1. The number of nitrogens with zero attached hydrogens (tertiary/aromatic N) is 3. The third kappa shape index (κ3) is 16.9. The van der Waals surface area contributed by atoms with Crippen molar-refractivity contribution in [1.82, 2.24) is 9.78 Å². The van der Waals surface area contributed by atoms with Crippen molar-refractivity contribution in [1.29, 1.82) is 0 Å². The van der Waals surface area contributed by atoms with Crippen molar-refractivity contribution in [2.45, 2.75) is 39.5 Å². The SMILES string of the molecule is CC(C)c1cccc(C(C)C)c1[N-][CH-]c1ccn(C)n1.[CH2-]c1ccccc1.[CH2-]c1ccccc1.[CH2-]c1ccccc1.[Hf+4].[Pr]. The van der Waals surface area contributed by atoms with Crippen molar-refractivity contribution in [2.75, 3.05) is 0 Å². The van der Waals surface area contributed by atoms with Gasteiger partial charge in [0.25, 0.3) is 0 Å². The van der Waals surface area contributed by atoms with Crippen LogP contribution in [-0.2, 0) is 32.9 Å². The molecule has 43 heavy (non-hydrogen) atoms. The summed E-state index contributed by atoms with van der Waals surface area (Å²) in [6.45, 7) is 21.8. The Morgan fingerprint density at radius 1 is 0.605 bits per heavy atom. The number of hydrogen-bond donors (Lipinski definition) is 0. The summed E-state index contributed by atoms with van der Waals surface area (Å²) in [5.41, 5.74) is 7.79. The molecule has 0 N–H and O–H groups in total. The summed E-state index contributed by atoms with van der Waals surface area (Å²) in [6.07, 6.45) is 1.93. The molecule has 0 saturated carbocycles. The number of para-hydroxylation sites is 1. The van der Waals surface area contributed by atoms with Gasteiger partial charge in [0.05, 0.1) is 0 Å². The van der Waals surface area contributed by atoms with Crippen LogP contribution in [0.1, 0.15) is 73.0 Å². The fraction of sp³-hybridized carbons (Fsp3) is 0.184. The molecule has 0 saturated heterocycles. The monoisotopic (exact) mass is 863 g/mol. The van der Waals surface area contributed by atoms with E-state index in [1.165, 1.54) is 11.1 Å². The van der Waals surface area contributed by atoms with Gasteiger partial charge in [0.1, 0.15) is 0 Å². The van der Waals surface area contributed by atoms with Crippen LogP contribution in [-0.4, -0.2) is 9.78 Å². The minimum absolute atomic E-state index is 0. The van der Waals surface area contributed by atoms with E-state index in [0.29, 0.717) is 11.8 Å². The Hall–Kier alpha value is -2.40. The Morgan fingerprint density at radius 2 is 0.977 bits per heavy atom. The van der Waals surface area contributed by atoms with E-state index >= 15 is 0 Å². The summed E-state index contributed by atoms with van der Waals surface area (Å²) in [5.74, 6) is 0.925. The Labute approximate surface area is 313 Å². The van der Waals surface area contributed by atoms with E-state index in [4.69, 9.17) is 5.32 Å². The first-order valence-electron chi connectivity index (χ1n) is 13.9. The van der Waals surface area contributed by atoms with Crippen LogP contribution >= 0.6 is 0 Å². The van der Waals surface area contributed by atoms with E-state index in [2.05, 4.69) is 71.8 Å². The van der Waals surface area contributed by atoms with Crippen LogP contribution in [0.15, 0.2) is 121 Å². The summed E-state index contributed by atoms with van der Waals surface area (Å²) in [6, 6.07) is 38.1. The molecular weight excluding hydrogens is 818 g/mol. The number of benzene rings is 4. The van der Waals surface area contributed by atoms with E-state index < -0.39 is 0 Å². The second-order valence-corrected chi connectivity index (χ2v) is 10.2. The van der Waals surface area contributed by atoms with Gasteiger partial charge in [-0.15, -0.1) is 42.1 Å². The Morgan fingerprint density at radius 3 is 1.23 bits per heavy atom.